The SMILES string of the molecule is C=C(COc1ccccc1)N1CCC(NC(=O)CC)CC1.CC. The van der Waals surface area contributed by atoms with Crippen molar-refractivity contribution in [1.29, 1.82) is 0 Å². The number of carbonyl (C=O) groups excluding carboxylic acids is 1. The van der Waals surface area contributed by atoms with Crippen molar-refractivity contribution in [2.24, 2.45) is 0 Å². The third kappa shape index (κ3) is 6.76. The molecule has 0 aliphatic carbocycles. The number of rotatable bonds is 6. The van der Waals surface area contributed by atoms with Crippen LogP contribution in [0.3, 0.4) is 0 Å². The summed E-state index contributed by atoms with van der Waals surface area (Å²) in [5, 5.41) is 3.06. The highest BCUT2D eigenvalue weighted by Gasteiger charge is 2.21. The molecule has 1 N–H and O–H groups in total. The molecule has 1 aromatic rings. The molecule has 0 unspecified atom stereocenters. The maximum absolute atomic E-state index is 11.4. The number of benzene rings is 1. The maximum atomic E-state index is 11.4. The molecule has 1 heterocycles. The molecule has 4 heteroatoms. The summed E-state index contributed by atoms with van der Waals surface area (Å²) < 4.78 is 5.72. The van der Waals surface area contributed by atoms with Crippen molar-refractivity contribution >= 4 is 5.91 Å². The zero-order valence-corrected chi connectivity index (χ0v) is 14.7. The lowest BCUT2D eigenvalue weighted by atomic mass is 10.0. The van der Waals surface area contributed by atoms with Gasteiger partial charge >= 0.3 is 0 Å². The van der Waals surface area contributed by atoms with Gasteiger partial charge in [-0.3, -0.25) is 4.79 Å². The van der Waals surface area contributed by atoms with E-state index in [1.807, 2.05) is 51.1 Å². The highest BCUT2D eigenvalue weighted by molar-refractivity contribution is 5.75. The molecule has 2 rings (SSSR count). The van der Waals surface area contributed by atoms with E-state index in [4.69, 9.17) is 4.74 Å². The Kier molecular flexibility index (Phi) is 8.88. The number of amides is 1. The van der Waals surface area contributed by atoms with Gasteiger partial charge in [0.15, 0.2) is 0 Å². The fourth-order valence-corrected chi connectivity index (χ4v) is 2.44. The summed E-state index contributed by atoms with van der Waals surface area (Å²) in [6, 6.07) is 10.1. The molecule has 1 aliphatic heterocycles. The second-order valence-corrected chi connectivity index (χ2v) is 5.35. The van der Waals surface area contributed by atoms with E-state index < -0.39 is 0 Å². The van der Waals surface area contributed by atoms with Crippen molar-refractivity contribution in [3.05, 3.63) is 42.6 Å². The monoisotopic (exact) mass is 318 g/mol. The summed E-state index contributed by atoms with van der Waals surface area (Å²) >= 11 is 0. The minimum Gasteiger partial charge on any atom is -0.487 e. The summed E-state index contributed by atoms with van der Waals surface area (Å²) in [5.74, 6) is 1.00. The zero-order chi connectivity index (χ0) is 17.1. The Balaban J connectivity index is 0.00000127. The van der Waals surface area contributed by atoms with Crippen molar-refractivity contribution in [1.82, 2.24) is 10.2 Å². The van der Waals surface area contributed by atoms with Crippen LogP contribution in [-0.2, 0) is 4.79 Å². The second-order valence-electron chi connectivity index (χ2n) is 5.35. The molecule has 0 radical (unpaired) electrons. The van der Waals surface area contributed by atoms with Crippen LogP contribution in [0, 0.1) is 0 Å². The van der Waals surface area contributed by atoms with Crippen LogP contribution in [0.5, 0.6) is 5.75 Å². The van der Waals surface area contributed by atoms with Crippen LogP contribution in [0.15, 0.2) is 42.6 Å². The van der Waals surface area contributed by atoms with Crippen LogP contribution < -0.4 is 10.1 Å². The molecule has 0 bridgehead atoms. The molecule has 0 atom stereocenters. The number of piperidine rings is 1. The van der Waals surface area contributed by atoms with Gasteiger partial charge in [-0.25, -0.2) is 0 Å². The Morgan fingerprint density at radius 2 is 1.87 bits per heavy atom. The molecule has 128 valence electrons. The van der Waals surface area contributed by atoms with E-state index in [1.54, 1.807) is 0 Å². The number of nitrogens with one attached hydrogen (secondary N) is 1. The van der Waals surface area contributed by atoms with Gasteiger partial charge in [0.1, 0.15) is 12.4 Å². The first-order valence-electron chi connectivity index (χ1n) is 8.59. The molecule has 0 spiro atoms. The van der Waals surface area contributed by atoms with Gasteiger partial charge in [-0.05, 0) is 25.0 Å². The highest BCUT2D eigenvalue weighted by Crippen LogP contribution is 2.16. The van der Waals surface area contributed by atoms with Crippen molar-refractivity contribution in [3.8, 4) is 5.75 Å². The number of para-hydroxylation sites is 1. The third-order valence-corrected chi connectivity index (χ3v) is 3.78. The molecule has 23 heavy (non-hydrogen) atoms. The zero-order valence-electron chi connectivity index (χ0n) is 14.7. The first-order valence-corrected chi connectivity index (χ1v) is 8.59. The normalized spacial score (nSPS) is 14.5. The lowest BCUT2D eigenvalue weighted by Gasteiger charge is -2.34. The van der Waals surface area contributed by atoms with E-state index in [0.29, 0.717) is 19.1 Å². The van der Waals surface area contributed by atoms with E-state index in [2.05, 4.69) is 16.8 Å². The van der Waals surface area contributed by atoms with Gasteiger partial charge in [-0.15, -0.1) is 0 Å². The number of carbonyl (C=O) groups is 1. The van der Waals surface area contributed by atoms with Crippen molar-refractivity contribution < 1.29 is 9.53 Å². The quantitative estimate of drug-likeness (QED) is 0.871. The topological polar surface area (TPSA) is 41.6 Å². The van der Waals surface area contributed by atoms with Crippen LogP contribution in [0.25, 0.3) is 0 Å². The Morgan fingerprint density at radius 3 is 2.43 bits per heavy atom. The fraction of sp³-hybridized carbons (Fsp3) is 0.526. The first kappa shape index (κ1) is 19.1. The predicted octanol–water partition coefficient (Wildman–Crippen LogP) is 3.60. The Morgan fingerprint density at radius 1 is 1.26 bits per heavy atom. The van der Waals surface area contributed by atoms with Crippen LogP contribution in [-0.4, -0.2) is 36.5 Å². The summed E-state index contributed by atoms with van der Waals surface area (Å²) in [6.45, 7) is 12.3. The average molecular weight is 318 g/mol. The number of hydrogen-bond acceptors (Lipinski definition) is 3. The minimum atomic E-state index is 0.139. The maximum Gasteiger partial charge on any atom is 0.219 e. The van der Waals surface area contributed by atoms with Gasteiger partial charge in [0, 0.05) is 31.2 Å². The number of likely N-dealkylation sites (tertiary alicyclic amines) is 1. The molecule has 0 aromatic heterocycles. The molecular weight excluding hydrogens is 288 g/mol. The third-order valence-electron chi connectivity index (χ3n) is 3.78. The second kappa shape index (κ2) is 10.7. The summed E-state index contributed by atoms with van der Waals surface area (Å²) in [4.78, 5) is 13.6. The number of ether oxygens (including phenoxy) is 1. The smallest absolute Gasteiger partial charge is 0.219 e. The molecule has 1 fully saturated rings. The van der Waals surface area contributed by atoms with Gasteiger partial charge in [0.05, 0.1) is 0 Å². The van der Waals surface area contributed by atoms with Crippen LogP contribution in [0.1, 0.15) is 40.0 Å². The van der Waals surface area contributed by atoms with Crippen molar-refractivity contribution in [2.75, 3.05) is 19.7 Å². The summed E-state index contributed by atoms with van der Waals surface area (Å²) in [5.41, 5.74) is 0.999. The molecular formula is C19H30N2O2. The number of hydrogen-bond donors (Lipinski definition) is 1. The van der Waals surface area contributed by atoms with Crippen molar-refractivity contribution in [3.63, 3.8) is 0 Å². The minimum absolute atomic E-state index is 0.139. The van der Waals surface area contributed by atoms with Crippen LogP contribution in [0.2, 0.25) is 0 Å². The first-order chi connectivity index (χ1) is 11.2. The molecule has 0 saturated carbocycles. The highest BCUT2D eigenvalue weighted by atomic mass is 16.5. The molecule has 1 saturated heterocycles. The van der Waals surface area contributed by atoms with E-state index >= 15 is 0 Å². The van der Waals surface area contributed by atoms with Crippen LogP contribution in [0.4, 0.5) is 0 Å². The molecule has 1 aliphatic rings. The Labute approximate surface area is 140 Å². The van der Waals surface area contributed by atoms with Crippen molar-refractivity contribution in [2.45, 2.75) is 46.1 Å². The van der Waals surface area contributed by atoms with E-state index in [-0.39, 0.29) is 5.91 Å². The Bertz CT molecular complexity index is 466. The predicted molar refractivity (Wildman–Crippen MR) is 95.5 cm³/mol. The lowest BCUT2D eigenvalue weighted by molar-refractivity contribution is -0.121. The fourth-order valence-electron chi connectivity index (χ4n) is 2.44. The van der Waals surface area contributed by atoms with Gasteiger partial charge < -0.3 is 15.0 Å². The molecule has 1 amide bonds. The van der Waals surface area contributed by atoms with Gasteiger partial charge in [-0.1, -0.05) is 45.5 Å². The van der Waals surface area contributed by atoms with Gasteiger partial charge in [0.2, 0.25) is 5.91 Å². The largest absolute Gasteiger partial charge is 0.487 e. The molecule has 1 aromatic carbocycles. The van der Waals surface area contributed by atoms with Gasteiger partial charge in [0.25, 0.3) is 0 Å². The van der Waals surface area contributed by atoms with Gasteiger partial charge in [-0.2, -0.15) is 0 Å². The number of nitrogens with zero attached hydrogens (tertiary/aromatic N) is 1. The summed E-state index contributed by atoms with van der Waals surface area (Å²) in [7, 11) is 0. The van der Waals surface area contributed by atoms with E-state index in [1.165, 1.54) is 0 Å². The standard InChI is InChI=1S/C17H24N2O2.C2H6/c1-3-17(20)18-15-9-11-19(12-10-15)14(2)13-21-16-7-5-4-6-8-16;1-2/h4-8,15H,2-3,9-13H2,1H3,(H,18,20);1-2H3. The lowest BCUT2D eigenvalue weighted by Crippen LogP contribution is -2.44. The Hall–Kier alpha value is -1.97. The van der Waals surface area contributed by atoms with E-state index in [9.17, 15) is 4.79 Å². The average Bonchev–Trinajstić information content (AvgIpc) is 2.62. The molecule has 4 nitrogen and oxygen atoms in total. The van der Waals surface area contributed by atoms with E-state index in [0.717, 1.165) is 37.4 Å². The summed E-state index contributed by atoms with van der Waals surface area (Å²) in [6.07, 6.45) is 2.49. The van der Waals surface area contributed by atoms with Crippen LogP contribution >= 0.6 is 0 Å².